The van der Waals surface area contributed by atoms with Crippen molar-refractivity contribution in [1.82, 2.24) is 0 Å². The molecule has 1 rings (SSSR count). The number of hydrogen-bond donors (Lipinski definition) is 2. The van der Waals surface area contributed by atoms with E-state index in [-0.39, 0.29) is 18.1 Å². The number of carbonyl (C=O) groups is 1. The van der Waals surface area contributed by atoms with Gasteiger partial charge >= 0.3 is 0 Å². The predicted molar refractivity (Wildman–Crippen MR) is 69.9 cm³/mol. The molecule has 1 amide bonds. The second-order valence-electron chi connectivity index (χ2n) is 3.49. The van der Waals surface area contributed by atoms with Crippen molar-refractivity contribution < 1.29 is 9.53 Å². The van der Waals surface area contributed by atoms with Crippen LogP contribution in [0.4, 0.5) is 11.4 Å². The van der Waals surface area contributed by atoms with Crippen molar-refractivity contribution >= 4 is 17.3 Å². The molecule has 0 aromatic heterocycles. The molecule has 6 heteroatoms. The maximum absolute atomic E-state index is 11.3. The summed E-state index contributed by atoms with van der Waals surface area (Å²) in [6.45, 7) is -0.0232. The molecule has 1 aromatic carbocycles. The number of allylic oxidation sites excluding steroid dienone is 1. The van der Waals surface area contributed by atoms with Crippen LogP contribution in [0.2, 0.25) is 0 Å². The van der Waals surface area contributed by atoms with E-state index in [1.54, 1.807) is 36.4 Å². The van der Waals surface area contributed by atoms with Crippen LogP contribution in [0.1, 0.15) is 0 Å². The number of nitrogens with one attached hydrogen (secondary N) is 2. The number of anilines is 2. The summed E-state index contributed by atoms with van der Waals surface area (Å²) in [7, 11) is 1.44. The first-order valence-electron chi connectivity index (χ1n) is 5.35. The lowest BCUT2D eigenvalue weighted by molar-refractivity contribution is -0.119. The fraction of sp³-hybridized carbons (Fsp3) is 0.154. The quantitative estimate of drug-likeness (QED) is 0.780. The molecule has 0 saturated carbocycles. The fourth-order valence-corrected chi connectivity index (χ4v) is 1.26. The number of nitrogens with zero attached hydrogens (tertiary/aromatic N) is 2. The number of amides is 1. The van der Waals surface area contributed by atoms with Crippen LogP contribution in [0.15, 0.2) is 36.0 Å². The highest BCUT2D eigenvalue weighted by molar-refractivity contribution is 5.92. The molecule has 0 aliphatic carbocycles. The Morgan fingerprint density at radius 1 is 1.37 bits per heavy atom. The topological polar surface area (TPSA) is 97.9 Å². The molecule has 0 saturated heterocycles. The van der Waals surface area contributed by atoms with Gasteiger partial charge in [0, 0.05) is 24.7 Å². The van der Waals surface area contributed by atoms with Gasteiger partial charge in [-0.25, -0.2) is 0 Å². The number of methoxy groups -OCH3 is 1. The van der Waals surface area contributed by atoms with Gasteiger partial charge in [-0.2, -0.15) is 10.5 Å². The van der Waals surface area contributed by atoms with Crippen LogP contribution in [-0.2, 0) is 9.53 Å². The van der Waals surface area contributed by atoms with Gasteiger partial charge in [0.15, 0.2) is 0 Å². The van der Waals surface area contributed by atoms with E-state index in [4.69, 9.17) is 15.3 Å². The third-order valence-electron chi connectivity index (χ3n) is 2.05. The van der Waals surface area contributed by atoms with E-state index in [2.05, 4.69) is 10.6 Å². The van der Waals surface area contributed by atoms with Crippen LogP contribution in [0.5, 0.6) is 0 Å². The Bertz CT molecular complexity index is 551. The van der Waals surface area contributed by atoms with Crippen molar-refractivity contribution in [2.45, 2.75) is 0 Å². The summed E-state index contributed by atoms with van der Waals surface area (Å²) in [5.41, 5.74) is 1.21. The summed E-state index contributed by atoms with van der Waals surface area (Å²) in [4.78, 5) is 11.3. The summed E-state index contributed by atoms with van der Waals surface area (Å²) >= 11 is 0. The molecule has 6 nitrogen and oxygen atoms in total. The van der Waals surface area contributed by atoms with Crippen molar-refractivity contribution in [3.63, 3.8) is 0 Å². The van der Waals surface area contributed by atoms with Crippen LogP contribution in [-0.4, -0.2) is 19.6 Å². The van der Waals surface area contributed by atoms with Crippen molar-refractivity contribution in [2.24, 2.45) is 0 Å². The van der Waals surface area contributed by atoms with Gasteiger partial charge in [-0.05, 0) is 18.2 Å². The molecule has 19 heavy (non-hydrogen) atoms. The third-order valence-corrected chi connectivity index (χ3v) is 2.05. The number of carbonyl (C=O) groups excluding carboxylic acids is 1. The van der Waals surface area contributed by atoms with E-state index >= 15 is 0 Å². The summed E-state index contributed by atoms with van der Waals surface area (Å²) in [6.07, 6.45) is 1.30. The molecular formula is C13H12N4O2. The number of benzene rings is 1. The number of nitriles is 2. The van der Waals surface area contributed by atoms with E-state index in [1.165, 1.54) is 13.3 Å². The Balaban J connectivity index is 2.73. The Hall–Kier alpha value is -2.83. The van der Waals surface area contributed by atoms with E-state index in [0.29, 0.717) is 11.4 Å². The van der Waals surface area contributed by atoms with Crippen LogP contribution in [0.3, 0.4) is 0 Å². The van der Waals surface area contributed by atoms with E-state index < -0.39 is 0 Å². The second kappa shape index (κ2) is 7.49. The van der Waals surface area contributed by atoms with Crippen molar-refractivity contribution in [1.29, 1.82) is 10.5 Å². The Morgan fingerprint density at radius 2 is 2.05 bits per heavy atom. The number of rotatable bonds is 5. The number of hydrogen-bond acceptors (Lipinski definition) is 5. The summed E-state index contributed by atoms with van der Waals surface area (Å²) in [5.74, 6) is -0.259. The fourth-order valence-electron chi connectivity index (χ4n) is 1.26. The summed E-state index contributed by atoms with van der Waals surface area (Å²) in [5, 5.41) is 22.6. The molecule has 0 aliphatic rings. The van der Waals surface area contributed by atoms with Crippen LogP contribution >= 0.6 is 0 Å². The molecule has 1 aromatic rings. The van der Waals surface area contributed by atoms with Crippen molar-refractivity contribution in [3.05, 3.63) is 36.0 Å². The standard InChI is InChI=1S/C13H12N4O2/c1-19-9-13(18)17-12-4-2-3-11(5-12)16-8-10(6-14)7-15/h2-5,8,16H,9H2,1H3,(H,17,18). The molecule has 0 spiro atoms. The highest BCUT2D eigenvalue weighted by atomic mass is 16.5. The van der Waals surface area contributed by atoms with Gasteiger partial charge in [-0.1, -0.05) is 6.07 Å². The van der Waals surface area contributed by atoms with E-state index in [9.17, 15) is 4.79 Å². The van der Waals surface area contributed by atoms with Crippen LogP contribution in [0, 0.1) is 22.7 Å². The molecule has 96 valence electrons. The van der Waals surface area contributed by atoms with Crippen molar-refractivity contribution in [3.8, 4) is 12.1 Å². The SMILES string of the molecule is COCC(=O)Nc1cccc(NC=C(C#N)C#N)c1. The maximum atomic E-state index is 11.3. The Labute approximate surface area is 110 Å². The van der Waals surface area contributed by atoms with Crippen LogP contribution in [0.25, 0.3) is 0 Å². The smallest absolute Gasteiger partial charge is 0.250 e. The maximum Gasteiger partial charge on any atom is 0.250 e. The second-order valence-corrected chi connectivity index (χ2v) is 3.49. The molecule has 0 aliphatic heterocycles. The monoisotopic (exact) mass is 256 g/mol. The van der Waals surface area contributed by atoms with E-state index in [1.807, 2.05) is 0 Å². The highest BCUT2D eigenvalue weighted by Gasteiger charge is 2.01. The molecule has 2 N–H and O–H groups in total. The third kappa shape index (κ3) is 4.90. The molecule has 0 unspecified atom stereocenters. The van der Waals surface area contributed by atoms with Gasteiger partial charge in [0.05, 0.1) is 0 Å². The first kappa shape index (κ1) is 14.2. The lowest BCUT2D eigenvalue weighted by atomic mass is 10.2. The van der Waals surface area contributed by atoms with Crippen molar-refractivity contribution in [2.75, 3.05) is 24.4 Å². The van der Waals surface area contributed by atoms with Gasteiger partial charge in [0.25, 0.3) is 0 Å². The first-order chi connectivity index (χ1) is 9.19. The number of ether oxygens (including phenoxy) is 1. The molecule has 0 bridgehead atoms. The zero-order chi connectivity index (χ0) is 14.1. The minimum atomic E-state index is -0.259. The zero-order valence-electron chi connectivity index (χ0n) is 10.3. The first-order valence-corrected chi connectivity index (χ1v) is 5.35. The average molecular weight is 256 g/mol. The van der Waals surface area contributed by atoms with Gasteiger partial charge in [0.2, 0.25) is 5.91 Å². The lowest BCUT2D eigenvalue weighted by Gasteiger charge is -2.06. The Kier molecular flexibility index (Phi) is 5.61. The van der Waals surface area contributed by atoms with E-state index in [0.717, 1.165) is 0 Å². The Morgan fingerprint density at radius 3 is 2.68 bits per heavy atom. The molecule has 0 fully saturated rings. The zero-order valence-corrected chi connectivity index (χ0v) is 10.3. The summed E-state index contributed by atoms with van der Waals surface area (Å²) in [6, 6.07) is 10.3. The minimum absolute atomic E-state index is 0.0232. The molecule has 0 atom stereocenters. The summed E-state index contributed by atoms with van der Waals surface area (Å²) < 4.78 is 4.70. The van der Waals surface area contributed by atoms with Crippen LogP contribution < -0.4 is 10.6 Å². The van der Waals surface area contributed by atoms with Gasteiger partial charge in [0.1, 0.15) is 24.3 Å². The predicted octanol–water partition coefficient (Wildman–Crippen LogP) is 1.61. The molecule has 0 heterocycles. The normalized spacial score (nSPS) is 8.79. The largest absolute Gasteiger partial charge is 0.375 e. The molecule has 0 radical (unpaired) electrons. The average Bonchev–Trinajstić information content (AvgIpc) is 2.40. The van der Waals surface area contributed by atoms with Gasteiger partial charge in [-0.3, -0.25) is 4.79 Å². The van der Waals surface area contributed by atoms with Gasteiger partial charge in [-0.15, -0.1) is 0 Å². The molecular weight excluding hydrogens is 244 g/mol. The lowest BCUT2D eigenvalue weighted by Crippen LogP contribution is -2.17. The highest BCUT2D eigenvalue weighted by Crippen LogP contribution is 2.15. The minimum Gasteiger partial charge on any atom is -0.375 e. The van der Waals surface area contributed by atoms with Gasteiger partial charge < -0.3 is 15.4 Å².